The van der Waals surface area contributed by atoms with Gasteiger partial charge in [-0.15, -0.1) is 0 Å². The zero-order valence-corrected chi connectivity index (χ0v) is 70.7. The first-order chi connectivity index (χ1) is 58.3. The molecule has 652 valence electrons. The maximum absolute atomic E-state index is 13.7. The molecule has 4 N–H and O–H groups in total. The third-order valence-corrected chi connectivity index (χ3v) is 18.7. The van der Waals surface area contributed by atoms with Crippen LogP contribution in [0.2, 0.25) is 0 Å². The van der Waals surface area contributed by atoms with E-state index < -0.39 is 52.4 Å². The van der Waals surface area contributed by atoms with Gasteiger partial charge in [0.15, 0.2) is 46.0 Å². The summed E-state index contributed by atoms with van der Waals surface area (Å²) in [6.07, 6.45) is 34.1. The van der Waals surface area contributed by atoms with Gasteiger partial charge in [-0.05, 0) is 176 Å². The molecule has 0 fully saturated rings. The topological polar surface area (TPSA) is 392 Å². The van der Waals surface area contributed by atoms with E-state index in [2.05, 4.69) is 30.9 Å². The smallest absolute Gasteiger partial charge is 0.412 e. The number of amides is 3. The fourth-order valence-electron chi connectivity index (χ4n) is 12.5. The van der Waals surface area contributed by atoms with Crippen LogP contribution in [-0.2, 0) is 53.7 Å². The number of hydrogen-bond acceptors (Lipinski definition) is 23. The summed E-state index contributed by atoms with van der Waals surface area (Å²) in [5.74, 6) is 2.88. The molecule has 2 aromatic heterocycles. The molecule has 0 saturated heterocycles. The number of isocyanates is 3. The van der Waals surface area contributed by atoms with Crippen molar-refractivity contribution in [3.63, 3.8) is 0 Å². The van der Waals surface area contributed by atoms with Gasteiger partial charge in [0.25, 0.3) is 0 Å². The maximum atomic E-state index is 13.7. The number of aliphatic imine (C=N–C) groups is 3. The monoisotopic (exact) mass is 1660 g/mol. The molecule has 0 saturated carbocycles. The SMILES string of the molecule is CC=Cc1ccc(O)c(OC)c1.CC=Cc1ccc(OC(=O)NCCCCCCn2c(=O)n(CCCCCCNC(=O)Oc3ccc(C=CC)cc3OC)c(=O)n(CCCCCCNC(=O)Oc3ccc(C=CC)cc3OC)c2=O)c(OC)c1.O=C=NCCCCCCn1c(=O)n(CCCCCCN=C=O)c(=O)n(CCCCCCN=C=O)c1=O. The van der Waals surface area contributed by atoms with Crippen LogP contribution in [0.25, 0.3) is 24.3 Å². The van der Waals surface area contributed by atoms with Crippen molar-refractivity contribution in [2.45, 2.75) is 221 Å². The molecule has 0 aliphatic carbocycles. The van der Waals surface area contributed by atoms with Crippen molar-refractivity contribution in [1.82, 2.24) is 43.4 Å². The first kappa shape index (κ1) is 100.0. The minimum Gasteiger partial charge on any atom is -0.504 e. The van der Waals surface area contributed by atoms with Gasteiger partial charge >= 0.3 is 52.4 Å². The standard InChI is InChI=1S/C54H72N6O12.C24H36N6O6.C10H12O2/c1-7-22-40-25-28-43(46(37-40)67-4)70-49(61)55-31-16-10-13-19-34-58-52(64)59(35-20-14-11-17-32-56-50(62)71-44-29-26-41(23-8-2)38-47(44)68-5)54(66)60(53(58)65)36-21-15-12-18-33-57-51(63)72-45-30-27-42(24-9-3)39-48(45)69-6;31-19-25-13-7-1-4-10-16-28-22(34)29(17-11-5-2-8-14-26-20-32)24(36)30(23(28)35)18-12-6-3-9-15-27-21-33;1-3-4-8-5-6-9(11)10(7-8)12-2/h7-9,22-30,37-39H,10-21,31-36H2,1-6H3,(H,55,61)(H,56,62)(H,57,63);1-18H2;3-7,11H,1-2H3. The van der Waals surface area contributed by atoms with Gasteiger partial charge in [-0.3, -0.25) is 0 Å². The van der Waals surface area contributed by atoms with Crippen molar-refractivity contribution in [2.24, 2.45) is 15.0 Å². The average molecular weight is 1670 g/mol. The van der Waals surface area contributed by atoms with Crippen LogP contribution < -0.4 is 83.2 Å². The molecule has 0 bridgehead atoms. The van der Waals surface area contributed by atoms with Gasteiger partial charge in [0, 0.05) is 58.9 Å². The molecule has 32 nitrogen and oxygen atoms in total. The summed E-state index contributed by atoms with van der Waals surface area (Å²) < 4.78 is 44.3. The van der Waals surface area contributed by atoms with Crippen molar-refractivity contribution in [3.05, 3.63) is 182 Å². The number of nitrogens with zero attached hydrogens (tertiary/aromatic N) is 9. The number of carbonyl (C=O) groups is 3. The van der Waals surface area contributed by atoms with Crippen molar-refractivity contribution in [1.29, 1.82) is 0 Å². The number of hydrogen-bond donors (Lipinski definition) is 4. The van der Waals surface area contributed by atoms with Crippen molar-refractivity contribution in [3.8, 4) is 46.0 Å². The minimum atomic E-state index is -0.650. The molecule has 6 rings (SSSR count). The van der Waals surface area contributed by atoms with E-state index in [0.717, 1.165) is 107 Å². The van der Waals surface area contributed by atoms with Crippen molar-refractivity contribution >= 4 is 60.8 Å². The third-order valence-electron chi connectivity index (χ3n) is 18.7. The normalized spacial score (nSPS) is 10.9. The number of ether oxygens (including phenoxy) is 7. The summed E-state index contributed by atoms with van der Waals surface area (Å²) >= 11 is 0. The van der Waals surface area contributed by atoms with E-state index in [9.17, 15) is 62.6 Å². The lowest BCUT2D eigenvalue weighted by molar-refractivity contribution is 0.197. The van der Waals surface area contributed by atoms with Gasteiger partial charge in [-0.25, -0.2) is 99.9 Å². The Hall–Kier alpha value is -12.4. The van der Waals surface area contributed by atoms with Crippen molar-refractivity contribution in [2.75, 3.05) is 67.7 Å². The number of phenolic OH excluding ortho intramolecular Hbond substituents is 1. The number of allylic oxidation sites excluding steroid dienone is 4. The lowest BCUT2D eigenvalue weighted by Crippen LogP contribution is -2.54. The van der Waals surface area contributed by atoms with Crippen LogP contribution in [0.3, 0.4) is 0 Å². The Morgan fingerprint density at radius 3 is 0.758 bits per heavy atom. The zero-order valence-electron chi connectivity index (χ0n) is 70.7. The van der Waals surface area contributed by atoms with Crippen LogP contribution >= 0.6 is 0 Å². The Kier molecular flexibility index (Phi) is 50.1. The number of aromatic nitrogens is 6. The number of benzene rings is 4. The highest BCUT2D eigenvalue weighted by Crippen LogP contribution is 2.32. The molecule has 0 aliphatic rings. The predicted octanol–water partition coefficient (Wildman–Crippen LogP) is 13.6. The number of aromatic hydroxyl groups is 1. The average Bonchev–Trinajstić information content (AvgIpc) is 0.791. The summed E-state index contributed by atoms with van der Waals surface area (Å²) in [5.41, 5.74) is 0.0231. The minimum absolute atomic E-state index is 0.123. The van der Waals surface area contributed by atoms with Gasteiger partial charge in [-0.1, -0.05) is 150 Å². The second-order valence-corrected chi connectivity index (χ2v) is 27.6. The first-order valence-corrected chi connectivity index (χ1v) is 41.1. The van der Waals surface area contributed by atoms with Crippen molar-refractivity contribution < 1.29 is 67.0 Å². The van der Waals surface area contributed by atoms with Gasteiger partial charge in [-0.2, -0.15) is 0 Å². The molecule has 4 aromatic carbocycles. The van der Waals surface area contributed by atoms with E-state index in [-0.39, 0.29) is 45.0 Å². The molecule has 120 heavy (non-hydrogen) atoms. The summed E-state index contributed by atoms with van der Waals surface area (Å²) in [7, 11) is 6.05. The van der Waals surface area contributed by atoms with Crippen LogP contribution in [0.5, 0.6) is 46.0 Å². The van der Waals surface area contributed by atoms with Gasteiger partial charge < -0.3 is 54.2 Å². The zero-order chi connectivity index (χ0) is 87.5. The number of methoxy groups -OCH3 is 4. The van der Waals surface area contributed by atoms with Crippen LogP contribution in [0.1, 0.15) is 204 Å². The number of unbranched alkanes of at least 4 members (excludes halogenated alkanes) is 18. The molecule has 0 aliphatic heterocycles. The van der Waals surface area contributed by atoms with Crippen LogP contribution in [-0.4, -0.2) is 137 Å². The summed E-state index contributed by atoms with van der Waals surface area (Å²) in [6, 6.07) is 21.1. The van der Waals surface area contributed by atoms with Gasteiger partial charge in [0.05, 0.1) is 48.1 Å². The van der Waals surface area contributed by atoms with Crippen LogP contribution in [0.4, 0.5) is 14.4 Å². The van der Waals surface area contributed by atoms with Gasteiger partial charge in [0.2, 0.25) is 18.2 Å². The van der Waals surface area contributed by atoms with E-state index in [1.54, 1.807) is 48.5 Å². The van der Waals surface area contributed by atoms with E-state index in [1.165, 1.54) is 46.7 Å². The van der Waals surface area contributed by atoms with E-state index >= 15 is 0 Å². The Labute approximate surface area is 700 Å². The molecule has 0 spiro atoms. The van der Waals surface area contributed by atoms with E-state index in [4.69, 9.17) is 33.2 Å². The number of phenols is 1. The Morgan fingerprint density at radius 1 is 0.317 bits per heavy atom. The Bertz CT molecular complexity index is 4330. The molecule has 0 radical (unpaired) electrons. The number of carbonyl (C=O) groups excluding carboxylic acids is 6. The van der Waals surface area contributed by atoms with E-state index in [0.29, 0.717) is 176 Å². The summed E-state index contributed by atoms with van der Waals surface area (Å²) in [6.45, 7) is 11.0. The summed E-state index contributed by atoms with van der Waals surface area (Å²) in [5, 5.41) is 17.5. The van der Waals surface area contributed by atoms with E-state index in [1.807, 2.05) is 101 Å². The molecule has 0 atom stereocenters. The Balaban J connectivity index is 0.000000517. The molecule has 32 heteroatoms. The van der Waals surface area contributed by atoms with Gasteiger partial charge in [0.1, 0.15) is 0 Å². The highest BCUT2D eigenvalue weighted by Gasteiger charge is 2.20. The second-order valence-electron chi connectivity index (χ2n) is 27.6. The predicted molar refractivity (Wildman–Crippen MR) is 463 cm³/mol. The molecular formula is C88H120N12O20. The molecule has 3 amide bonds. The first-order valence-electron chi connectivity index (χ1n) is 41.1. The highest BCUT2D eigenvalue weighted by molar-refractivity contribution is 5.73. The largest absolute Gasteiger partial charge is 0.504 e. The maximum Gasteiger partial charge on any atom is 0.412 e. The Morgan fingerprint density at radius 2 is 0.533 bits per heavy atom. The lowest BCUT2D eigenvalue weighted by Gasteiger charge is -2.14. The fourth-order valence-corrected chi connectivity index (χ4v) is 12.5. The molecular weight excluding hydrogens is 1550 g/mol. The lowest BCUT2D eigenvalue weighted by atomic mass is 10.2. The van der Waals surface area contributed by atoms with Crippen LogP contribution in [0.15, 0.2) is 141 Å². The van der Waals surface area contributed by atoms with Crippen LogP contribution in [0, 0.1) is 0 Å². The quantitative estimate of drug-likeness (QED) is 0.0156. The number of nitrogens with one attached hydrogen (secondary N) is 3. The molecule has 6 aromatic rings. The summed E-state index contributed by atoms with van der Waals surface area (Å²) in [4.78, 5) is 159. The number of rotatable bonds is 53. The second kappa shape index (κ2) is 60.1. The molecule has 2 heterocycles. The fraction of sp³-hybridized carbons (Fsp3) is 0.500. The highest BCUT2D eigenvalue weighted by atomic mass is 16.6. The third kappa shape index (κ3) is 37.1. The molecule has 0 unspecified atom stereocenters.